The highest BCUT2D eigenvalue weighted by Gasteiger charge is 2.13. The van der Waals surface area contributed by atoms with Crippen LogP contribution in [0.4, 0.5) is 17.3 Å². The Morgan fingerprint density at radius 3 is 2.45 bits per heavy atom. The molecular weight excluding hydrogens is 370 g/mol. The average molecular weight is 387 g/mol. The van der Waals surface area contributed by atoms with E-state index in [1.807, 2.05) is 42.5 Å². The summed E-state index contributed by atoms with van der Waals surface area (Å²) in [6, 6.07) is 21.5. The third-order valence-electron chi connectivity index (χ3n) is 3.89. The fraction of sp³-hybridized carbons (Fsp3) is 0.0476. The van der Waals surface area contributed by atoms with Crippen molar-refractivity contribution >= 4 is 23.2 Å². The van der Waals surface area contributed by atoms with Gasteiger partial charge in [-0.3, -0.25) is 4.79 Å². The van der Waals surface area contributed by atoms with Crippen LogP contribution in [0.1, 0.15) is 16.2 Å². The van der Waals surface area contributed by atoms with Crippen molar-refractivity contribution in [3.63, 3.8) is 0 Å². The first-order chi connectivity index (χ1) is 14.2. The van der Waals surface area contributed by atoms with E-state index in [1.165, 1.54) is 0 Å². The molecule has 144 valence electrons. The normalized spacial score (nSPS) is 10.4. The number of carbonyl (C=O) groups is 1. The molecule has 0 radical (unpaired) electrons. The molecule has 8 nitrogen and oxygen atoms in total. The van der Waals surface area contributed by atoms with Crippen molar-refractivity contribution in [3.8, 4) is 11.5 Å². The number of hydrogen-bond acceptors (Lipinski definition) is 7. The van der Waals surface area contributed by atoms with E-state index in [1.54, 1.807) is 37.3 Å². The number of nitrogens with one attached hydrogen (secondary N) is 2. The zero-order valence-corrected chi connectivity index (χ0v) is 15.5. The maximum absolute atomic E-state index is 12.6. The SMILES string of the molecule is Cc1cc(Nc2ccc(C(=O)Nc3ccccc3Oc3ccccc3)nn2)no1. The van der Waals surface area contributed by atoms with E-state index >= 15 is 0 Å². The molecule has 0 aliphatic carbocycles. The number of ether oxygens (including phenoxy) is 1. The molecular formula is C21H17N5O3. The van der Waals surface area contributed by atoms with Gasteiger partial charge in [0.2, 0.25) is 0 Å². The van der Waals surface area contributed by atoms with Crippen LogP contribution in [0.15, 0.2) is 77.3 Å². The van der Waals surface area contributed by atoms with Crippen molar-refractivity contribution in [2.45, 2.75) is 6.92 Å². The van der Waals surface area contributed by atoms with Crippen LogP contribution in [0.3, 0.4) is 0 Å². The molecule has 29 heavy (non-hydrogen) atoms. The summed E-state index contributed by atoms with van der Waals surface area (Å²) in [5.74, 6) is 2.44. The molecule has 2 heterocycles. The number of amides is 1. The Morgan fingerprint density at radius 2 is 1.72 bits per heavy atom. The number of carbonyl (C=O) groups excluding carboxylic acids is 1. The first-order valence-corrected chi connectivity index (χ1v) is 8.85. The molecule has 0 atom stereocenters. The standard InChI is InChI=1S/C21H17N5O3/c1-14-13-20(26-29-14)23-19-12-11-17(24-25-19)21(27)22-16-9-5-6-10-18(16)28-15-7-3-2-4-8-15/h2-13H,1H3,(H,22,27)(H,23,25,26). The second-order valence-corrected chi connectivity index (χ2v) is 6.12. The lowest BCUT2D eigenvalue weighted by Crippen LogP contribution is -2.15. The molecule has 0 saturated carbocycles. The summed E-state index contributed by atoms with van der Waals surface area (Å²) >= 11 is 0. The second-order valence-electron chi connectivity index (χ2n) is 6.12. The number of para-hydroxylation sites is 3. The quantitative estimate of drug-likeness (QED) is 0.500. The lowest BCUT2D eigenvalue weighted by Gasteiger charge is -2.12. The molecule has 2 aromatic heterocycles. The number of rotatable bonds is 6. The summed E-state index contributed by atoms with van der Waals surface area (Å²) in [7, 11) is 0. The van der Waals surface area contributed by atoms with Gasteiger partial charge in [0.05, 0.1) is 5.69 Å². The minimum absolute atomic E-state index is 0.168. The fourth-order valence-electron chi connectivity index (χ4n) is 2.54. The monoisotopic (exact) mass is 387 g/mol. The zero-order valence-electron chi connectivity index (χ0n) is 15.5. The van der Waals surface area contributed by atoms with Gasteiger partial charge in [-0.15, -0.1) is 10.2 Å². The van der Waals surface area contributed by atoms with Crippen LogP contribution in [0, 0.1) is 6.92 Å². The number of aromatic nitrogens is 3. The van der Waals surface area contributed by atoms with Gasteiger partial charge in [0.15, 0.2) is 23.1 Å². The van der Waals surface area contributed by atoms with E-state index in [2.05, 4.69) is 26.0 Å². The molecule has 4 rings (SSSR count). The van der Waals surface area contributed by atoms with Crippen LogP contribution in [-0.2, 0) is 0 Å². The van der Waals surface area contributed by atoms with E-state index in [4.69, 9.17) is 9.26 Å². The number of hydrogen-bond donors (Lipinski definition) is 2. The van der Waals surface area contributed by atoms with Gasteiger partial charge in [-0.2, -0.15) is 0 Å². The van der Waals surface area contributed by atoms with Crippen LogP contribution in [0.2, 0.25) is 0 Å². The molecule has 0 spiro atoms. The average Bonchev–Trinajstić information content (AvgIpc) is 3.15. The van der Waals surface area contributed by atoms with Crippen LogP contribution >= 0.6 is 0 Å². The van der Waals surface area contributed by atoms with Gasteiger partial charge in [-0.05, 0) is 43.3 Å². The molecule has 0 aliphatic heterocycles. The summed E-state index contributed by atoms with van der Waals surface area (Å²) < 4.78 is 10.8. The Morgan fingerprint density at radius 1 is 0.931 bits per heavy atom. The van der Waals surface area contributed by atoms with Crippen molar-refractivity contribution in [1.29, 1.82) is 0 Å². The molecule has 2 N–H and O–H groups in total. The predicted octanol–water partition coefficient (Wildman–Crippen LogP) is 4.56. The van der Waals surface area contributed by atoms with Gasteiger partial charge < -0.3 is 19.9 Å². The molecule has 2 aromatic carbocycles. The zero-order chi connectivity index (χ0) is 20.1. The number of nitrogens with zero attached hydrogens (tertiary/aromatic N) is 3. The van der Waals surface area contributed by atoms with Crippen LogP contribution in [0.5, 0.6) is 11.5 Å². The highest BCUT2D eigenvalue weighted by atomic mass is 16.5. The number of benzene rings is 2. The van der Waals surface area contributed by atoms with Gasteiger partial charge in [-0.25, -0.2) is 0 Å². The lowest BCUT2D eigenvalue weighted by atomic mass is 10.2. The van der Waals surface area contributed by atoms with E-state index in [0.717, 1.165) is 0 Å². The van der Waals surface area contributed by atoms with Crippen molar-refractivity contribution in [2.75, 3.05) is 10.6 Å². The van der Waals surface area contributed by atoms with E-state index in [-0.39, 0.29) is 5.69 Å². The third-order valence-corrected chi connectivity index (χ3v) is 3.89. The van der Waals surface area contributed by atoms with Crippen LogP contribution in [0.25, 0.3) is 0 Å². The molecule has 0 fully saturated rings. The Balaban J connectivity index is 1.45. The fourth-order valence-corrected chi connectivity index (χ4v) is 2.54. The summed E-state index contributed by atoms with van der Waals surface area (Å²) in [5, 5.41) is 17.5. The minimum Gasteiger partial charge on any atom is -0.455 e. The van der Waals surface area contributed by atoms with Gasteiger partial charge in [0, 0.05) is 6.07 Å². The highest BCUT2D eigenvalue weighted by Crippen LogP contribution is 2.29. The number of anilines is 3. The molecule has 1 amide bonds. The summed E-state index contributed by atoms with van der Waals surface area (Å²) in [6.07, 6.45) is 0. The smallest absolute Gasteiger partial charge is 0.276 e. The maximum Gasteiger partial charge on any atom is 0.276 e. The summed E-state index contributed by atoms with van der Waals surface area (Å²) in [5.41, 5.74) is 0.699. The first kappa shape index (κ1) is 18.2. The summed E-state index contributed by atoms with van der Waals surface area (Å²) in [4.78, 5) is 12.6. The minimum atomic E-state index is -0.398. The largest absolute Gasteiger partial charge is 0.455 e. The number of aryl methyl sites for hydroxylation is 1. The summed E-state index contributed by atoms with van der Waals surface area (Å²) in [6.45, 7) is 1.79. The Hall–Kier alpha value is -4.20. The van der Waals surface area contributed by atoms with Crippen molar-refractivity contribution in [2.24, 2.45) is 0 Å². The Kier molecular flexibility index (Phi) is 5.15. The Bertz CT molecular complexity index is 1110. The van der Waals surface area contributed by atoms with Gasteiger partial charge in [-0.1, -0.05) is 35.5 Å². The molecule has 0 unspecified atom stereocenters. The molecule has 0 saturated heterocycles. The van der Waals surface area contributed by atoms with Crippen LogP contribution in [-0.4, -0.2) is 21.3 Å². The maximum atomic E-state index is 12.6. The van der Waals surface area contributed by atoms with Gasteiger partial charge in [0.25, 0.3) is 5.91 Å². The Labute approximate surface area is 166 Å². The second kappa shape index (κ2) is 8.22. The molecule has 0 bridgehead atoms. The topological polar surface area (TPSA) is 102 Å². The van der Waals surface area contributed by atoms with Crippen molar-refractivity contribution in [1.82, 2.24) is 15.4 Å². The van der Waals surface area contributed by atoms with Gasteiger partial charge >= 0.3 is 0 Å². The van der Waals surface area contributed by atoms with E-state index in [9.17, 15) is 4.79 Å². The van der Waals surface area contributed by atoms with Crippen molar-refractivity contribution in [3.05, 3.63) is 84.3 Å². The first-order valence-electron chi connectivity index (χ1n) is 8.85. The molecule has 8 heteroatoms. The molecule has 4 aromatic rings. The van der Waals surface area contributed by atoms with Gasteiger partial charge in [0.1, 0.15) is 11.5 Å². The molecule has 0 aliphatic rings. The highest BCUT2D eigenvalue weighted by molar-refractivity contribution is 6.03. The predicted molar refractivity (Wildman–Crippen MR) is 107 cm³/mol. The lowest BCUT2D eigenvalue weighted by molar-refractivity contribution is 0.102. The third kappa shape index (κ3) is 4.56. The van der Waals surface area contributed by atoms with Crippen LogP contribution < -0.4 is 15.4 Å². The van der Waals surface area contributed by atoms with E-state index < -0.39 is 5.91 Å². The van der Waals surface area contributed by atoms with Crippen molar-refractivity contribution < 1.29 is 14.1 Å². The van der Waals surface area contributed by atoms with E-state index in [0.29, 0.717) is 34.6 Å².